The van der Waals surface area contributed by atoms with Gasteiger partial charge in [-0.1, -0.05) is 60.7 Å². The number of carbonyl (C=O) groups excluding carboxylic acids is 1. The molecule has 1 atom stereocenters. The maximum absolute atomic E-state index is 12.0. The van der Waals surface area contributed by atoms with Crippen molar-refractivity contribution in [3.8, 4) is 0 Å². The number of thiol groups is 1. The van der Waals surface area contributed by atoms with Gasteiger partial charge in [-0.15, -0.1) is 0 Å². The standard InChI is InChI=1S/C18H21NOS/c20-18(12-11-15-7-3-1-4-8-15)19-17(14-21)13-16-9-5-2-6-10-16/h1-10,17,21H,11-14H2,(H,19,20)/t17-/m1/s1. The van der Waals surface area contributed by atoms with Crippen molar-refractivity contribution < 1.29 is 4.79 Å². The first-order chi connectivity index (χ1) is 10.3. The molecule has 2 rings (SSSR count). The summed E-state index contributed by atoms with van der Waals surface area (Å²) in [6, 6.07) is 20.3. The molecule has 1 amide bonds. The van der Waals surface area contributed by atoms with E-state index in [1.165, 1.54) is 11.1 Å². The lowest BCUT2D eigenvalue weighted by molar-refractivity contribution is -0.121. The summed E-state index contributed by atoms with van der Waals surface area (Å²) in [5, 5.41) is 3.07. The van der Waals surface area contributed by atoms with Crippen molar-refractivity contribution in [2.75, 3.05) is 5.75 Å². The fraction of sp³-hybridized carbons (Fsp3) is 0.278. The lowest BCUT2D eigenvalue weighted by Gasteiger charge is -2.16. The van der Waals surface area contributed by atoms with Gasteiger partial charge in [-0.2, -0.15) is 12.6 Å². The van der Waals surface area contributed by atoms with Gasteiger partial charge in [0.05, 0.1) is 0 Å². The normalized spacial score (nSPS) is 11.9. The highest BCUT2D eigenvalue weighted by atomic mass is 32.1. The van der Waals surface area contributed by atoms with Crippen molar-refractivity contribution in [1.29, 1.82) is 0 Å². The van der Waals surface area contributed by atoms with Gasteiger partial charge < -0.3 is 5.32 Å². The number of rotatable bonds is 7. The molecule has 0 aromatic heterocycles. The molecule has 3 heteroatoms. The van der Waals surface area contributed by atoms with Crippen LogP contribution in [0.4, 0.5) is 0 Å². The molecular weight excluding hydrogens is 278 g/mol. The second kappa shape index (κ2) is 8.53. The molecule has 0 aliphatic heterocycles. The van der Waals surface area contributed by atoms with Gasteiger partial charge in [-0.25, -0.2) is 0 Å². The summed E-state index contributed by atoms with van der Waals surface area (Å²) >= 11 is 4.34. The van der Waals surface area contributed by atoms with Gasteiger partial charge in [0.2, 0.25) is 5.91 Å². The molecule has 0 aliphatic rings. The maximum atomic E-state index is 12.0. The molecule has 2 aromatic rings. The van der Waals surface area contributed by atoms with E-state index >= 15 is 0 Å². The summed E-state index contributed by atoms with van der Waals surface area (Å²) in [6.45, 7) is 0. The number of hydrogen-bond acceptors (Lipinski definition) is 2. The first-order valence-electron chi connectivity index (χ1n) is 7.26. The molecule has 0 unspecified atom stereocenters. The van der Waals surface area contributed by atoms with Crippen LogP contribution in [0.15, 0.2) is 60.7 Å². The van der Waals surface area contributed by atoms with Crippen LogP contribution in [0.25, 0.3) is 0 Å². The number of nitrogens with one attached hydrogen (secondary N) is 1. The molecule has 0 heterocycles. The van der Waals surface area contributed by atoms with E-state index in [1.807, 2.05) is 48.5 Å². The number of aryl methyl sites for hydroxylation is 1. The zero-order chi connectivity index (χ0) is 14.9. The van der Waals surface area contributed by atoms with Gasteiger partial charge in [-0.05, 0) is 24.0 Å². The Bertz CT molecular complexity index is 542. The Morgan fingerprint density at radius 1 is 0.952 bits per heavy atom. The SMILES string of the molecule is O=C(CCc1ccccc1)N[C@@H](CS)Cc1ccccc1. The number of carbonyl (C=O) groups is 1. The van der Waals surface area contributed by atoms with Crippen LogP contribution in [0.5, 0.6) is 0 Å². The molecule has 0 radical (unpaired) electrons. The Labute approximate surface area is 132 Å². The highest BCUT2D eigenvalue weighted by Gasteiger charge is 2.11. The average molecular weight is 299 g/mol. The number of benzene rings is 2. The summed E-state index contributed by atoms with van der Waals surface area (Å²) in [4.78, 5) is 12.0. The van der Waals surface area contributed by atoms with Crippen LogP contribution < -0.4 is 5.32 Å². The smallest absolute Gasteiger partial charge is 0.220 e. The van der Waals surface area contributed by atoms with Gasteiger partial charge in [0, 0.05) is 18.2 Å². The lowest BCUT2D eigenvalue weighted by atomic mass is 10.1. The highest BCUT2D eigenvalue weighted by molar-refractivity contribution is 7.80. The fourth-order valence-corrected chi connectivity index (χ4v) is 2.48. The van der Waals surface area contributed by atoms with Crippen LogP contribution in [0.2, 0.25) is 0 Å². The Kier molecular flexibility index (Phi) is 6.35. The van der Waals surface area contributed by atoms with Crippen molar-refractivity contribution in [3.05, 3.63) is 71.8 Å². The largest absolute Gasteiger partial charge is 0.352 e. The third-order valence-corrected chi connectivity index (χ3v) is 3.83. The first kappa shape index (κ1) is 15.6. The fourth-order valence-electron chi connectivity index (χ4n) is 2.26. The van der Waals surface area contributed by atoms with Crippen LogP contribution in [0.1, 0.15) is 17.5 Å². The van der Waals surface area contributed by atoms with E-state index in [0.717, 1.165) is 12.8 Å². The molecule has 2 nitrogen and oxygen atoms in total. The molecule has 1 N–H and O–H groups in total. The lowest BCUT2D eigenvalue weighted by Crippen LogP contribution is -2.37. The first-order valence-corrected chi connectivity index (χ1v) is 7.89. The van der Waals surface area contributed by atoms with E-state index < -0.39 is 0 Å². The molecule has 21 heavy (non-hydrogen) atoms. The minimum Gasteiger partial charge on any atom is -0.352 e. The van der Waals surface area contributed by atoms with Gasteiger partial charge in [0.25, 0.3) is 0 Å². The monoisotopic (exact) mass is 299 g/mol. The van der Waals surface area contributed by atoms with Crippen LogP contribution in [-0.4, -0.2) is 17.7 Å². The summed E-state index contributed by atoms with van der Waals surface area (Å²) < 4.78 is 0. The summed E-state index contributed by atoms with van der Waals surface area (Å²) in [5.41, 5.74) is 2.41. The Morgan fingerprint density at radius 3 is 2.10 bits per heavy atom. The van der Waals surface area contributed by atoms with Gasteiger partial charge in [0.1, 0.15) is 0 Å². The van der Waals surface area contributed by atoms with Crippen LogP contribution in [-0.2, 0) is 17.6 Å². The quantitative estimate of drug-likeness (QED) is 0.755. The molecule has 0 saturated carbocycles. The number of amides is 1. The average Bonchev–Trinajstić information content (AvgIpc) is 2.54. The third-order valence-electron chi connectivity index (χ3n) is 3.39. The topological polar surface area (TPSA) is 29.1 Å². The molecule has 0 saturated heterocycles. The van der Waals surface area contributed by atoms with E-state index in [4.69, 9.17) is 0 Å². The van der Waals surface area contributed by atoms with Crippen molar-refractivity contribution in [3.63, 3.8) is 0 Å². The van der Waals surface area contributed by atoms with Gasteiger partial charge in [0.15, 0.2) is 0 Å². The van der Waals surface area contributed by atoms with Gasteiger partial charge in [-0.3, -0.25) is 4.79 Å². The second-order valence-corrected chi connectivity index (χ2v) is 5.49. The van der Waals surface area contributed by atoms with Crippen molar-refractivity contribution in [2.45, 2.75) is 25.3 Å². The van der Waals surface area contributed by atoms with E-state index in [9.17, 15) is 4.79 Å². The Morgan fingerprint density at radius 2 is 1.52 bits per heavy atom. The van der Waals surface area contributed by atoms with E-state index in [-0.39, 0.29) is 11.9 Å². The molecule has 2 aromatic carbocycles. The summed E-state index contributed by atoms with van der Waals surface area (Å²) in [7, 11) is 0. The van der Waals surface area contributed by atoms with Crippen molar-refractivity contribution in [1.82, 2.24) is 5.32 Å². The van der Waals surface area contributed by atoms with Crippen LogP contribution in [0, 0.1) is 0 Å². The van der Waals surface area contributed by atoms with Gasteiger partial charge >= 0.3 is 0 Å². The van der Waals surface area contributed by atoms with Crippen LogP contribution >= 0.6 is 12.6 Å². The Balaban J connectivity index is 1.80. The predicted octanol–water partition coefficient (Wildman–Crippen LogP) is 3.28. The minimum absolute atomic E-state index is 0.0824. The summed E-state index contributed by atoms with van der Waals surface area (Å²) in [5.74, 6) is 0.736. The second-order valence-electron chi connectivity index (χ2n) is 5.12. The zero-order valence-electron chi connectivity index (χ0n) is 12.0. The third kappa shape index (κ3) is 5.64. The zero-order valence-corrected chi connectivity index (χ0v) is 12.9. The Hall–Kier alpha value is -1.74. The van der Waals surface area contributed by atoms with E-state index in [0.29, 0.717) is 12.2 Å². The highest BCUT2D eigenvalue weighted by Crippen LogP contribution is 2.06. The molecule has 0 fully saturated rings. The van der Waals surface area contributed by atoms with Crippen molar-refractivity contribution in [2.24, 2.45) is 0 Å². The maximum Gasteiger partial charge on any atom is 0.220 e. The molecule has 110 valence electrons. The molecular formula is C18H21NOS. The molecule has 0 spiro atoms. The van der Waals surface area contributed by atoms with E-state index in [1.54, 1.807) is 0 Å². The van der Waals surface area contributed by atoms with E-state index in [2.05, 4.69) is 30.1 Å². The summed E-state index contributed by atoms with van der Waals surface area (Å²) in [6.07, 6.45) is 2.11. The minimum atomic E-state index is 0.0824. The molecule has 0 aliphatic carbocycles. The van der Waals surface area contributed by atoms with Crippen molar-refractivity contribution >= 4 is 18.5 Å². The number of hydrogen-bond donors (Lipinski definition) is 2. The molecule has 0 bridgehead atoms. The van der Waals surface area contributed by atoms with Crippen LogP contribution in [0.3, 0.4) is 0 Å². The predicted molar refractivity (Wildman–Crippen MR) is 90.7 cm³/mol.